The molecule has 0 radical (unpaired) electrons. The maximum absolute atomic E-state index is 13.8. The fraction of sp³-hybridized carbons (Fsp3) is 0.758. The van der Waals surface area contributed by atoms with E-state index in [2.05, 4.69) is 51.1 Å². The summed E-state index contributed by atoms with van der Waals surface area (Å²) in [7, 11) is 0. The Labute approximate surface area is 235 Å². The average Bonchev–Trinajstić information content (AvgIpc) is 2.95. The highest BCUT2D eigenvalue weighted by Crippen LogP contribution is 2.58. The molecular formula is C33H50N2O4. The average molecular weight is 539 g/mol. The van der Waals surface area contributed by atoms with Gasteiger partial charge < -0.3 is 19.6 Å². The molecule has 6 nitrogen and oxygen atoms in total. The highest BCUT2D eigenvalue weighted by molar-refractivity contribution is 5.86. The van der Waals surface area contributed by atoms with Crippen LogP contribution in [-0.4, -0.2) is 72.2 Å². The van der Waals surface area contributed by atoms with E-state index in [9.17, 15) is 14.7 Å². The molecule has 5 rings (SSSR count). The van der Waals surface area contributed by atoms with Gasteiger partial charge >= 0.3 is 0 Å². The summed E-state index contributed by atoms with van der Waals surface area (Å²) in [4.78, 5) is 30.8. The second kappa shape index (κ2) is 11.9. The molecule has 4 fully saturated rings. The molecule has 4 aliphatic rings. The highest BCUT2D eigenvalue weighted by atomic mass is 16.5. The first-order chi connectivity index (χ1) is 18.8. The number of aliphatic hydroxyl groups excluding tert-OH is 1. The van der Waals surface area contributed by atoms with Gasteiger partial charge in [0.25, 0.3) is 0 Å². The van der Waals surface area contributed by atoms with Crippen LogP contribution in [0.25, 0.3) is 0 Å². The first kappa shape index (κ1) is 28.6. The van der Waals surface area contributed by atoms with Crippen LogP contribution in [0, 0.1) is 29.1 Å². The molecule has 4 unspecified atom stereocenters. The lowest BCUT2D eigenvalue weighted by molar-refractivity contribution is -0.160. The summed E-state index contributed by atoms with van der Waals surface area (Å²) in [5.41, 5.74) is 1.73. The van der Waals surface area contributed by atoms with Gasteiger partial charge in [-0.1, -0.05) is 76.8 Å². The third kappa shape index (κ3) is 5.53. The number of nitrogens with zero attached hydrogens (tertiary/aromatic N) is 2. The molecule has 2 saturated carbocycles. The van der Waals surface area contributed by atoms with E-state index in [0.29, 0.717) is 38.1 Å². The van der Waals surface area contributed by atoms with Crippen molar-refractivity contribution in [3.63, 3.8) is 0 Å². The topological polar surface area (TPSA) is 70.1 Å². The van der Waals surface area contributed by atoms with Crippen molar-refractivity contribution in [1.29, 1.82) is 0 Å². The van der Waals surface area contributed by atoms with Crippen molar-refractivity contribution in [1.82, 2.24) is 9.80 Å². The lowest BCUT2D eigenvalue weighted by Gasteiger charge is -2.58. The zero-order valence-electron chi connectivity index (χ0n) is 24.4. The molecule has 2 aliphatic heterocycles. The number of rotatable bonds is 8. The van der Waals surface area contributed by atoms with Crippen LogP contribution in [0.3, 0.4) is 0 Å². The quantitative estimate of drug-likeness (QED) is 0.504. The van der Waals surface area contributed by atoms with Gasteiger partial charge in [0.1, 0.15) is 0 Å². The zero-order valence-corrected chi connectivity index (χ0v) is 24.4. The number of morpholine rings is 1. The molecular weight excluding hydrogens is 488 g/mol. The van der Waals surface area contributed by atoms with Crippen molar-refractivity contribution in [3.8, 4) is 0 Å². The molecule has 2 amide bonds. The summed E-state index contributed by atoms with van der Waals surface area (Å²) in [6, 6.07) is 11.1. The van der Waals surface area contributed by atoms with Crippen molar-refractivity contribution in [3.05, 3.63) is 35.9 Å². The van der Waals surface area contributed by atoms with Crippen LogP contribution >= 0.6 is 0 Å². The van der Waals surface area contributed by atoms with Crippen LogP contribution in [-0.2, 0) is 19.7 Å². The lowest BCUT2D eigenvalue weighted by atomic mass is 9.50. The van der Waals surface area contributed by atoms with Crippen molar-refractivity contribution < 1.29 is 19.4 Å². The molecule has 216 valence electrons. The van der Waals surface area contributed by atoms with E-state index in [1.54, 1.807) is 4.90 Å². The van der Waals surface area contributed by atoms with Gasteiger partial charge in [-0.3, -0.25) is 9.59 Å². The van der Waals surface area contributed by atoms with Crippen LogP contribution in [0.1, 0.15) is 84.1 Å². The Morgan fingerprint density at radius 3 is 2.49 bits per heavy atom. The fourth-order valence-electron chi connectivity index (χ4n) is 8.51. The molecule has 2 aliphatic carbocycles. The SMILES string of the molecule is CCC(C)[C@]1(c2ccccc2)CC[C@]2(CC1)CN(CC(=O)N1CCOC(CO)C1)C(=O)C(C)C2CC1CCC1. The van der Waals surface area contributed by atoms with Gasteiger partial charge in [0.2, 0.25) is 11.8 Å². The van der Waals surface area contributed by atoms with Crippen molar-refractivity contribution in [2.24, 2.45) is 29.1 Å². The Balaban J connectivity index is 1.38. The van der Waals surface area contributed by atoms with Gasteiger partial charge in [0.15, 0.2) is 0 Å². The fourth-order valence-corrected chi connectivity index (χ4v) is 8.51. The van der Waals surface area contributed by atoms with Crippen molar-refractivity contribution >= 4 is 11.8 Å². The molecule has 39 heavy (non-hydrogen) atoms. The Kier molecular flexibility index (Phi) is 8.73. The molecule has 4 atom stereocenters. The molecule has 0 aromatic heterocycles. The third-order valence-corrected chi connectivity index (χ3v) is 11.5. The minimum Gasteiger partial charge on any atom is -0.394 e. The predicted octanol–water partition coefficient (Wildman–Crippen LogP) is 5.04. The number of piperidine rings is 1. The van der Waals surface area contributed by atoms with E-state index in [-0.39, 0.29) is 47.8 Å². The highest BCUT2D eigenvalue weighted by Gasteiger charge is 2.55. The van der Waals surface area contributed by atoms with E-state index >= 15 is 0 Å². The molecule has 0 bridgehead atoms. The Morgan fingerprint density at radius 2 is 1.87 bits per heavy atom. The van der Waals surface area contributed by atoms with E-state index in [4.69, 9.17) is 4.74 Å². The zero-order chi connectivity index (χ0) is 27.6. The summed E-state index contributed by atoms with van der Waals surface area (Å²) in [6.45, 7) is 9.02. The van der Waals surface area contributed by atoms with Gasteiger partial charge in [0, 0.05) is 25.6 Å². The maximum Gasteiger partial charge on any atom is 0.242 e. The van der Waals surface area contributed by atoms with Gasteiger partial charge in [-0.2, -0.15) is 0 Å². The number of carbonyl (C=O) groups is 2. The Bertz CT molecular complexity index is 985. The van der Waals surface area contributed by atoms with Crippen LogP contribution < -0.4 is 0 Å². The largest absolute Gasteiger partial charge is 0.394 e. The smallest absolute Gasteiger partial charge is 0.242 e. The van der Waals surface area contributed by atoms with E-state index in [1.165, 1.54) is 24.8 Å². The number of ether oxygens (including phenoxy) is 1. The lowest BCUT2D eigenvalue weighted by Crippen LogP contribution is -2.60. The molecule has 1 spiro atoms. The van der Waals surface area contributed by atoms with E-state index < -0.39 is 0 Å². The predicted molar refractivity (Wildman–Crippen MR) is 153 cm³/mol. The van der Waals surface area contributed by atoms with Crippen LogP contribution in [0.4, 0.5) is 0 Å². The van der Waals surface area contributed by atoms with Crippen LogP contribution in [0.5, 0.6) is 0 Å². The number of hydrogen-bond donors (Lipinski definition) is 1. The number of aliphatic hydroxyl groups is 1. The van der Waals surface area contributed by atoms with Crippen LogP contribution in [0.2, 0.25) is 0 Å². The Morgan fingerprint density at radius 1 is 1.15 bits per heavy atom. The Hall–Kier alpha value is -1.92. The second-order valence-corrected chi connectivity index (χ2v) is 13.3. The molecule has 1 aromatic carbocycles. The number of benzene rings is 1. The van der Waals surface area contributed by atoms with Gasteiger partial charge in [0.05, 0.1) is 25.9 Å². The van der Waals surface area contributed by atoms with E-state index in [0.717, 1.165) is 44.4 Å². The van der Waals surface area contributed by atoms with Gasteiger partial charge in [-0.25, -0.2) is 0 Å². The summed E-state index contributed by atoms with van der Waals surface area (Å²) in [6.07, 6.45) is 10.5. The molecule has 1 N–H and O–H groups in total. The molecule has 2 saturated heterocycles. The summed E-state index contributed by atoms with van der Waals surface area (Å²) >= 11 is 0. The minimum absolute atomic E-state index is 0.0149. The minimum atomic E-state index is -0.332. The van der Waals surface area contributed by atoms with E-state index in [1.807, 2.05) is 4.90 Å². The molecule has 2 heterocycles. The summed E-state index contributed by atoms with van der Waals surface area (Å²) in [5, 5.41) is 9.53. The number of likely N-dealkylation sites (tertiary alicyclic amines) is 1. The normalized spacial score (nSPS) is 34.7. The van der Waals surface area contributed by atoms with Gasteiger partial charge in [-0.15, -0.1) is 0 Å². The standard InChI is InChI=1S/C33H50N2O4/c1-4-24(2)33(27-11-6-5-7-12-27)15-13-32(14-16-33)23-35(21-30(37)34-17-18-39-28(20-34)22-36)31(38)25(3)29(32)19-26-9-8-10-26/h5-7,11-12,24-26,28-29,36H,4,8-10,13-23H2,1-3H3/t24?,25?,28?,29?,32-,33-. The number of hydrogen-bond acceptors (Lipinski definition) is 4. The molecule has 1 aromatic rings. The first-order valence-corrected chi connectivity index (χ1v) is 15.7. The third-order valence-electron chi connectivity index (χ3n) is 11.5. The molecule has 6 heteroatoms. The number of amides is 2. The summed E-state index contributed by atoms with van der Waals surface area (Å²) < 4.78 is 5.55. The maximum atomic E-state index is 13.8. The van der Waals surface area contributed by atoms with Crippen LogP contribution in [0.15, 0.2) is 30.3 Å². The first-order valence-electron chi connectivity index (χ1n) is 15.7. The monoisotopic (exact) mass is 538 g/mol. The summed E-state index contributed by atoms with van der Waals surface area (Å²) in [5.74, 6) is 1.85. The number of carbonyl (C=O) groups excluding carboxylic acids is 2. The van der Waals surface area contributed by atoms with Crippen molar-refractivity contribution in [2.45, 2.75) is 90.1 Å². The van der Waals surface area contributed by atoms with Gasteiger partial charge in [-0.05, 0) is 66.3 Å². The second-order valence-electron chi connectivity index (χ2n) is 13.3. The van der Waals surface area contributed by atoms with Crippen molar-refractivity contribution in [2.75, 3.05) is 39.4 Å².